The molecule has 64 valence electrons. The van der Waals surface area contributed by atoms with Gasteiger partial charge in [0, 0.05) is 12.7 Å². The van der Waals surface area contributed by atoms with E-state index in [1.54, 1.807) is 0 Å². The lowest BCUT2D eigenvalue weighted by molar-refractivity contribution is 0.630. The second kappa shape index (κ2) is 3.68. The summed E-state index contributed by atoms with van der Waals surface area (Å²) in [5.41, 5.74) is 1.14. The van der Waals surface area contributed by atoms with Gasteiger partial charge in [0.05, 0.1) is 5.69 Å². The average molecular weight is 162 g/mol. The maximum absolute atomic E-state index is 4.23. The van der Waals surface area contributed by atoms with E-state index < -0.39 is 0 Å². The highest BCUT2D eigenvalue weighted by molar-refractivity contribution is 5.02. The Hall–Kier alpha value is -0.890. The lowest BCUT2D eigenvalue weighted by Gasteiger charge is -2.01. The van der Waals surface area contributed by atoms with Crippen LogP contribution in [0.5, 0.6) is 0 Å². The van der Waals surface area contributed by atoms with Gasteiger partial charge in [0.15, 0.2) is 0 Å². The van der Waals surface area contributed by atoms with Gasteiger partial charge >= 0.3 is 0 Å². The Bertz CT molecular complexity index is 229. The fraction of sp³-hybridized carbons (Fsp3) is 0.500. The normalized spacial score (nSPS) is 16.3. The van der Waals surface area contributed by atoms with E-state index in [9.17, 15) is 0 Å². The summed E-state index contributed by atoms with van der Waals surface area (Å²) in [7, 11) is 0. The lowest BCUT2D eigenvalue weighted by atomic mass is 10.3. The molecule has 0 radical (unpaired) electrons. The predicted molar refractivity (Wildman–Crippen MR) is 48.7 cm³/mol. The Balaban J connectivity index is 1.72. The summed E-state index contributed by atoms with van der Waals surface area (Å²) in [5, 5.41) is 3.40. The molecule has 12 heavy (non-hydrogen) atoms. The molecule has 2 rings (SSSR count). The fourth-order valence-corrected chi connectivity index (χ4v) is 1.23. The van der Waals surface area contributed by atoms with E-state index in [2.05, 4.69) is 16.4 Å². The molecule has 1 aliphatic carbocycles. The summed E-state index contributed by atoms with van der Waals surface area (Å²) in [5.74, 6) is 0.953. The van der Waals surface area contributed by atoms with Crippen LogP contribution in [0, 0.1) is 5.92 Å². The summed E-state index contributed by atoms with van der Waals surface area (Å²) in [6.07, 6.45) is 4.67. The van der Waals surface area contributed by atoms with Crippen molar-refractivity contribution in [2.24, 2.45) is 5.92 Å². The van der Waals surface area contributed by atoms with Crippen molar-refractivity contribution in [2.75, 3.05) is 6.54 Å². The third kappa shape index (κ3) is 2.31. The second-order valence-electron chi connectivity index (χ2n) is 3.40. The Morgan fingerprint density at radius 1 is 1.42 bits per heavy atom. The van der Waals surface area contributed by atoms with Gasteiger partial charge in [-0.15, -0.1) is 0 Å². The Morgan fingerprint density at radius 2 is 2.33 bits per heavy atom. The van der Waals surface area contributed by atoms with Crippen LogP contribution in [0.2, 0.25) is 0 Å². The molecule has 2 heteroatoms. The fourth-order valence-electron chi connectivity index (χ4n) is 1.23. The molecular weight excluding hydrogens is 148 g/mol. The van der Waals surface area contributed by atoms with Gasteiger partial charge in [-0.25, -0.2) is 0 Å². The number of hydrogen-bond acceptors (Lipinski definition) is 2. The Labute approximate surface area is 73.0 Å². The maximum atomic E-state index is 4.23. The van der Waals surface area contributed by atoms with Crippen LogP contribution in [-0.2, 0) is 6.54 Å². The van der Waals surface area contributed by atoms with Crippen molar-refractivity contribution >= 4 is 0 Å². The quantitative estimate of drug-likeness (QED) is 0.727. The molecule has 1 aromatic rings. The highest BCUT2D eigenvalue weighted by atomic mass is 14.9. The van der Waals surface area contributed by atoms with E-state index >= 15 is 0 Å². The van der Waals surface area contributed by atoms with Gasteiger partial charge in [-0.2, -0.15) is 0 Å². The number of nitrogens with zero attached hydrogens (tertiary/aromatic N) is 1. The zero-order valence-corrected chi connectivity index (χ0v) is 7.16. The lowest BCUT2D eigenvalue weighted by Crippen LogP contribution is -2.16. The number of pyridine rings is 1. The van der Waals surface area contributed by atoms with E-state index in [1.165, 1.54) is 12.8 Å². The summed E-state index contributed by atoms with van der Waals surface area (Å²) in [4.78, 5) is 4.23. The van der Waals surface area contributed by atoms with Crippen LogP contribution in [-0.4, -0.2) is 11.5 Å². The molecule has 0 aliphatic heterocycles. The molecule has 1 saturated carbocycles. The minimum Gasteiger partial charge on any atom is -0.311 e. The average Bonchev–Trinajstić information content (AvgIpc) is 2.90. The molecule has 1 heterocycles. The molecule has 0 amide bonds. The third-order valence-electron chi connectivity index (χ3n) is 2.16. The molecule has 0 bridgehead atoms. The van der Waals surface area contributed by atoms with Gasteiger partial charge < -0.3 is 5.32 Å². The van der Waals surface area contributed by atoms with Gasteiger partial charge in [-0.1, -0.05) is 6.07 Å². The molecule has 2 nitrogen and oxygen atoms in total. The van der Waals surface area contributed by atoms with Crippen LogP contribution in [0.4, 0.5) is 0 Å². The number of hydrogen-bond donors (Lipinski definition) is 1. The first kappa shape index (κ1) is 7.74. The van der Waals surface area contributed by atoms with E-state index in [1.807, 2.05) is 18.3 Å². The van der Waals surface area contributed by atoms with E-state index in [0.717, 1.165) is 24.7 Å². The molecule has 0 saturated heterocycles. The minimum atomic E-state index is 0.914. The summed E-state index contributed by atoms with van der Waals surface area (Å²) >= 11 is 0. The van der Waals surface area contributed by atoms with Gasteiger partial charge in [0.1, 0.15) is 0 Å². The predicted octanol–water partition coefficient (Wildman–Crippen LogP) is 1.58. The van der Waals surface area contributed by atoms with Crippen molar-refractivity contribution < 1.29 is 0 Å². The van der Waals surface area contributed by atoms with E-state index in [4.69, 9.17) is 0 Å². The SMILES string of the molecule is c1ccc(CNCC2CC2)nc1. The van der Waals surface area contributed by atoms with E-state index in [0.29, 0.717) is 0 Å². The van der Waals surface area contributed by atoms with Gasteiger partial charge in [0.2, 0.25) is 0 Å². The van der Waals surface area contributed by atoms with Gasteiger partial charge in [0.25, 0.3) is 0 Å². The van der Waals surface area contributed by atoms with Crippen molar-refractivity contribution in [3.63, 3.8) is 0 Å². The molecule has 0 aromatic carbocycles. The van der Waals surface area contributed by atoms with Crippen LogP contribution < -0.4 is 5.32 Å². The highest BCUT2D eigenvalue weighted by Gasteiger charge is 2.19. The van der Waals surface area contributed by atoms with Crippen molar-refractivity contribution in [3.05, 3.63) is 30.1 Å². The van der Waals surface area contributed by atoms with Crippen LogP contribution in [0.3, 0.4) is 0 Å². The highest BCUT2D eigenvalue weighted by Crippen LogP contribution is 2.27. The third-order valence-corrected chi connectivity index (χ3v) is 2.16. The van der Waals surface area contributed by atoms with Crippen molar-refractivity contribution in [2.45, 2.75) is 19.4 Å². The first-order valence-corrected chi connectivity index (χ1v) is 4.56. The van der Waals surface area contributed by atoms with Crippen molar-refractivity contribution in [1.82, 2.24) is 10.3 Å². The molecule has 0 spiro atoms. The van der Waals surface area contributed by atoms with Crippen LogP contribution in [0.25, 0.3) is 0 Å². The van der Waals surface area contributed by atoms with Crippen LogP contribution in [0.1, 0.15) is 18.5 Å². The van der Waals surface area contributed by atoms with Gasteiger partial charge in [-0.05, 0) is 37.4 Å². The second-order valence-corrected chi connectivity index (χ2v) is 3.40. The maximum Gasteiger partial charge on any atom is 0.0541 e. The van der Waals surface area contributed by atoms with Gasteiger partial charge in [-0.3, -0.25) is 4.98 Å². The number of rotatable bonds is 4. The summed E-state index contributed by atoms with van der Waals surface area (Å²) < 4.78 is 0. The first-order valence-electron chi connectivity index (χ1n) is 4.56. The number of nitrogens with one attached hydrogen (secondary N) is 1. The van der Waals surface area contributed by atoms with E-state index in [-0.39, 0.29) is 0 Å². The topological polar surface area (TPSA) is 24.9 Å². The van der Waals surface area contributed by atoms with Crippen LogP contribution in [0.15, 0.2) is 24.4 Å². The van der Waals surface area contributed by atoms with Crippen LogP contribution >= 0.6 is 0 Å². The first-order chi connectivity index (χ1) is 5.95. The summed E-state index contributed by atoms with van der Waals surface area (Å²) in [6, 6.07) is 6.03. The standard InChI is InChI=1S/C10H14N2/c1-2-6-12-10(3-1)8-11-7-9-4-5-9/h1-3,6,9,11H,4-5,7-8H2. The zero-order chi connectivity index (χ0) is 8.23. The molecule has 0 atom stereocenters. The molecule has 1 N–H and O–H groups in total. The summed E-state index contributed by atoms with van der Waals surface area (Å²) in [6.45, 7) is 2.08. The molecule has 1 aromatic heterocycles. The molecule has 1 aliphatic rings. The zero-order valence-electron chi connectivity index (χ0n) is 7.16. The smallest absolute Gasteiger partial charge is 0.0541 e. The molecule has 1 fully saturated rings. The molecular formula is C10H14N2. The minimum absolute atomic E-state index is 0.914. The largest absolute Gasteiger partial charge is 0.311 e. The van der Waals surface area contributed by atoms with Crippen molar-refractivity contribution in [3.8, 4) is 0 Å². The monoisotopic (exact) mass is 162 g/mol. The Kier molecular flexibility index (Phi) is 2.37. The van der Waals surface area contributed by atoms with Crippen molar-refractivity contribution in [1.29, 1.82) is 0 Å². The molecule has 0 unspecified atom stereocenters. The number of aromatic nitrogens is 1. The Morgan fingerprint density at radius 3 is 3.00 bits per heavy atom.